The summed E-state index contributed by atoms with van der Waals surface area (Å²) in [5, 5.41) is 4.05. The minimum atomic E-state index is -0.0583. The third kappa shape index (κ3) is 2.57. The third-order valence-corrected chi connectivity index (χ3v) is 5.40. The first-order valence-corrected chi connectivity index (χ1v) is 8.67. The zero-order chi connectivity index (χ0) is 16.7. The second kappa shape index (κ2) is 6.13. The summed E-state index contributed by atoms with van der Waals surface area (Å²) in [5.74, 6) is 1.75. The summed E-state index contributed by atoms with van der Waals surface area (Å²) in [6.07, 6.45) is 4.59. The minimum absolute atomic E-state index is 0.0583. The second-order valence-electron chi connectivity index (χ2n) is 6.77. The number of aryl methyl sites for hydroxylation is 1. The van der Waals surface area contributed by atoms with Gasteiger partial charge in [0, 0.05) is 24.0 Å². The Morgan fingerprint density at radius 2 is 2.17 bits per heavy atom. The topological polar surface area (TPSA) is 60.7 Å². The average Bonchev–Trinajstić information content (AvgIpc) is 3.17. The van der Waals surface area contributed by atoms with Crippen LogP contribution >= 0.6 is 0 Å². The molecule has 2 fully saturated rings. The molecule has 4 rings (SSSR count). The fourth-order valence-electron chi connectivity index (χ4n) is 4.20. The molecular weight excluding hydrogens is 306 g/mol. The predicted octanol–water partition coefficient (Wildman–Crippen LogP) is 3.44. The van der Waals surface area contributed by atoms with Crippen LogP contribution in [0.25, 0.3) is 11.0 Å². The number of furan rings is 1. The van der Waals surface area contributed by atoms with Crippen molar-refractivity contribution in [1.29, 1.82) is 0 Å². The Labute approximate surface area is 141 Å². The molecule has 3 atom stereocenters. The van der Waals surface area contributed by atoms with Crippen LogP contribution in [-0.2, 0) is 4.74 Å². The SMILES string of the molecule is COc1ccc2oc(C)c(C(=O)N[C@@H]3CCC[C@@H]4OCC[C@@H]43)c2c1. The third-order valence-electron chi connectivity index (χ3n) is 5.40. The number of nitrogens with one attached hydrogen (secondary N) is 1. The van der Waals surface area contributed by atoms with Crippen molar-refractivity contribution in [2.24, 2.45) is 5.92 Å². The molecule has 1 N–H and O–H groups in total. The van der Waals surface area contributed by atoms with Gasteiger partial charge in [0.25, 0.3) is 5.91 Å². The number of carbonyl (C=O) groups is 1. The van der Waals surface area contributed by atoms with Crippen molar-refractivity contribution in [1.82, 2.24) is 5.32 Å². The molecule has 128 valence electrons. The van der Waals surface area contributed by atoms with Crippen LogP contribution in [0.2, 0.25) is 0 Å². The van der Waals surface area contributed by atoms with E-state index in [0.29, 0.717) is 28.9 Å². The maximum atomic E-state index is 12.9. The van der Waals surface area contributed by atoms with Gasteiger partial charge in [0.15, 0.2) is 0 Å². The molecule has 0 spiro atoms. The fourth-order valence-corrected chi connectivity index (χ4v) is 4.20. The van der Waals surface area contributed by atoms with E-state index in [4.69, 9.17) is 13.9 Å². The number of amides is 1. The van der Waals surface area contributed by atoms with E-state index in [9.17, 15) is 4.79 Å². The molecule has 1 saturated carbocycles. The fraction of sp³-hybridized carbons (Fsp3) is 0.526. The van der Waals surface area contributed by atoms with Crippen LogP contribution in [-0.4, -0.2) is 31.8 Å². The molecule has 2 aromatic rings. The second-order valence-corrected chi connectivity index (χ2v) is 6.77. The van der Waals surface area contributed by atoms with Crippen LogP contribution in [0, 0.1) is 12.8 Å². The Kier molecular flexibility index (Phi) is 3.96. The Bertz CT molecular complexity index is 766. The van der Waals surface area contributed by atoms with Crippen molar-refractivity contribution >= 4 is 16.9 Å². The lowest BCUT2D eigenvalue weighted by Gasteiger charge is -2.33. The molecule has 0 unspecified atom stereocenters. The van der Waals surface area contributed by atoms with Gasteiger partial charge in [-0.3, -0.25) is 4.79 Å². The summed E-state index contributed by atoms with van der Waals surface area (Å²) in [5.41, 5.74) is 1.33. The Morgan fingerprint density at radius 1 is 1.29 bits per heavy atom. The summed E-state index contributed by atoms with van der Waals surface area (Å²) >= 11 is 0. The van der Waals surface area contributed by atoms with Crippen molar-refractivity contribution in [2.75, 3.05) is 13.7 Å². The van der Waals surface area contributed by atoms with E-state index in [1.54, 1.807) is 7.11 Å². The lowest BCUT2D eigenvalue weighted by atomic mass is 9.81. The van der Waals surface area contributed by atoms with Gasteiger partial charge >= 0.3 is 0 Å². The maximum Gasteiger partial charge on any atom is 0.255 e. The highest BCUT2D eigenvalue weighted by Gasteiger charge is 2.38. The smallest absolute Gasteiger partial charge is 0.255 e. The summed E-state index contributed by atoms with van der Waals surface area (Å²) in [4.78, 5) is 12.9. The first-order valence-electron chi connectivity index (χ1n) is 8.67. The van der Waals surface area contributed by atoms with Crippen LogP contribution in [0.5, 0.6) is 5.75 Å². The first kappa shape index (κ1) is 15.5. The van der Waals surface area contributed by atoms with Crippen molar-refractivity contribution in [3.8, 4) is 5.75 Å². The lowest BCUT2D eigenvalue weighted by molar-refractivity contribution is 0.0510. The van der Waals surface area contributed by atoms with Gasteiger partial charge in [-0.25, -0.2) is 0 Å². The van der Waals surface area contributed by atoms with Gasteiger partial charge in [-0.05, 0) is 50.8 Å². The molecule has 1 aromatic heterocycles. The molecule has 2 aliphatic rings. The van der Waals surface area contributed by atoms with Gasteiger partial charge in [0.05, 0.1) is 18.8 Å². The number of fused-ring (bicyclic) bond motifs is 2. The average molecular weight is 329 g/mol. The van der Waals surface area contributed by atoms with E-state index in [1.165, 1.54) is 0 Å². The van der Waals surface area contributed by atoms with E-state index < -0.39 is 0 Å². The molecule has 1 aliphatic heterocycles. The molecule has 0 radical (unpaired) electrons. The molecule has 2 heterocycles. The quantitative estimate of drug-likeness (QED) is 0.937. The van der Waals surface area contributed by atoms with E-state index >= 15 is 0 Å². The molecule has 1 aromatic carbocycles. The van der Waals surface area contributed by atoms with Crippen molar-refractivity contribution < 1.29 is 18.7 Å². The van der Waals surface area contributed by atoms with E-state index in [1.807, 2.05) is 25.1 Å². The van der Waals surface area contributed by atoms with Crippen LogP contribution in [0.15, 0.2) is 22.6 Å². The van der Waals surface area contributed by atoms with Gasteiger partial charge in [0.1, 0.15) is 17.1 Å². The van der Waals surface area contributed by atoms with Crippen LogP contribution < -0.4 is 10.1 Å². The van der Waals surface area contributed by atoms with E-state index in [0.717, 1.165) is 43.4 Å². The highest BCUT2D eigenvalue weighted by atomic mass is 16.5. The highest BCUT2D eigenvalue weighted by Crippen LogP contribution is 2.35. The van der Waals surface area contributed by atoms with Crippen molar-refractivity contribution in [3.63, 3.8) is 0 Å². The van der Waals surface area contributed by atoms with Crippen LogP contribution in [0.4, 0.5) is 0 Å². The molecule has 24 heavy (non-hydrogen) atoms. The zero-order valence-electron chi connectivity index (χ0n) is 14.1. The van der Waals surface area contributed by atoms with Crippen LogP contribution in [0.3, 0.4) is 0 Å². The summed E-state index contributed by atoms with van der Waals surface area (Å²) < 4.78 is 16.8. The molecule has 0 bridgehead atoms. The molecule has 5 nitrogen and oxygen atoms in total. The summed E-state index contributed by atoms with van der Waals surface area (Å²) in [6.45, 7) is 2.65. The van der Waals surface area contributed by atoms with Gasteiger partial charge in [0.2, 0.25) is 0 Å². The Balaban J connectivity index is 1.62. The maximum absolute atomic E-state index is 12.9. The number of ether oxygens (including phenoxy) is 2. The van der Waals surface area contributed by atoms with E-state index in [2.05, 4.69) is 5.32 Å². The Morgan fingerprint density at radius 3 is 3.00 bits per heavy atom. The molecule has 1 amide bonds. The van der Waals surface area contributed by atoms with E-state index in [-0.39, 0.29) is 11.9 Å². The monoisotopic (exact) mass is 329 g/mol. The number of hydrogen-bond donors (Lipinski definition) is 1. The number of benzene rings is 1. The number of methoxy groups -OCH3 is 1. The molecule has 1 saturated heterocycles. The molecule has 1 aliphatic carbocycles. The summed E-state index contributed by atoms with van der Waals surface area (Å²) in [6, 6.07) is 5.74. The minimum Gasteiger partial charge on any atom is -0.497 e. The van der Waals surface area contributed by atoms with Crippen molar-refractivity contribution in [2.45, 2.75) is 44.8 Å². The van der Waals surface area contributed by atoms with Gasteiger partial charge in [-0.1, -0.05) is 0 Å². The largest absolute Gasteiger partial charge is 0.497 e. The number of carbonyl (C=O) groups excluding carboxylic acids is 1. The highest BCUT2D eigenvalue weighted by molar-refractivity contribution is 6.07. The Hall–Kier alpha value is -2.01. The number of hydrogen-bond acceptors (Lipinski definition) is 4. The normalized spacial score (nSPS) is 26.3. The van der Waals surface area contributed by atoms with Gasteiger partial charge in [-0.2, -0.15) is 0 Å². The van der Waals surface area contributed by atoms with Crippen LogP contribution in [0.1, 0.15) is 41.8 Å². The van der Waals surface area contributed by atoms with Crippen molar-refractivity contribution in [3.05, 3.63) is 29.5 Å². The van der Waals surface area contributed by atoms with Gasteiger partial charge in [-0.15, -0.1) is 0 Å². The zero-order valence-corrected chi connectivity index (χ0v) is 14.1. The molecular formula is C19H23NO4. The predicted molar refractivity (Wildman–Crippen MR) is 90.5 cm³/mol. The van der Waals surface area contributed by atoms with Gasteiger partial charge < -0.3 is 19.2 Å². The first-order chi connectivity index (χ1) is 11.7. The molecule has 5 heteroatoms. The number of rotatable bonds is 3. The standard InChI is InChI=1S/C19H23NO4/c1-11-18(14-10-12(22-2)6-7-17(14)24-11)19(21)20-15-4-3-5-16-13(15)8-9-23-16/h6-7,10,13,15-16H,3-5,8-9H2,1-2H3,(H,20,21)/t13-,15-,16+/m1/s1. The lowest BCUT2D eigenvalue weighted by Crippen LogP contribution is -2.45. The summed E-state index contributed by atoms with van der Waals surface area (Å²) in [7, 11) is 1.62.